The van der Waals surface area contributed by atoms with E-state index in [1.165, 1.54) is 24.3 Å². The Balaban J connectivity index is 1.27. The maximum absolute atomic E-state index is 14.5. The van der Waals surface area contributed by atoms with Gasteiger partial charge in [-0.15, -0.1) is 0 Å². The van der Waals surface area contributed by atoms with E-state index in [9.17, 15) is 13.6 Å². The summed E-state index contributed by atoms with van der Waals surface area (Å²) in [6, 6.07) is 15.9. The van der Waals surface area contributed by atoms with Crippen LogP contribution in [0.5, 0.6) is 0 Å². The van der Waals surface area contributed by atoms with Crippen LogP contribution in [0.25, 0.3) is 16.9 Å². The van der Waals surface area contributed by atoms with E-state index in [1.807, 2.05) is 11.1 Å². The number of hydrogen-bond donors (Lipinski definition) is 1. The highest BCUT2D eigenvalue weighted by atomic mass is 19.1. The van der Waals surface area contributed by atoms with Crippen LogP contribution in [0, 0.1) is 11.6 Å². The average molecular weight is 643 g/mol. The van der Waals surface area contributed by atoms with Gasteiger partial charge in [-0.05, 0) is 73.9 Å². The fraction of sp³-hybridized carbons (Fsp3) is 0.459. The average Bonchev–Trinajstić information content (AvgIpc) is 3.59. The third-order valence-corrected chi connectivity index (χ3v) is 10.1. The highest BCUT2D eigenvalue weighted by molar-refractivity contribution is 5.98. The van der Waals surface area contributed by atoms with E-state index in [4.69, 9.17) is 9.72 Å². The molecule has 1 N–H and O–H groups in total. The van der Waals surface area contributed by atoms with Crippen molar-refractivity contribution in [3.05, 3.63) is 89.2 Å². The van der Waals surface area contributed by atoms with Crippen LogP contribution in [0.2, 0.25) is 0 Å². The predicted octanol–water partition coefficient (Wildman–Crippen LogP) is 4.88. The maximum atomic E-state index is 14.5. The number of anilines is 1. The smallest absolute Gasteiger partial charge is 0.241 e. The Bertz CT molecular complexity index is 1760. The summed E-state index contributed by atoms with van der Waals surface area (Å²) in [5.74, 6) is 0.187. The molecule has 7 rings (SSSR count). The number of amides is 1. The number of nitrogens with one attached hydrogen (secondary N) is 1. The zero-order valence-corrected chi connectivity index (χ0v) is 27.7. The molecule has 0 radical (unpaired) electrons. The summed E-state index contributed by atoms with van der Waals surface area (Å²) in [7, 11) is 0. The normalized spacial score (nSPS) is 23.4. The van der Waals surface area contributed by atoms with Crippen molar-refractivity contribution in [3.8, 4) is 11.4 Å². The molecule has 3 aliphatic heterocycles. The van der Waals surface area contributed by atoms with Gasteiger partial charge in [0.15, 0.2) is 0 Å². The number of halogens is 2. The molecular formula is C37H44F2N6O2. The van der Waals surface area contributed by atoms with E-state index in [1.54, 1.807) is 24.3 Å². The molecule has 2 aromatic heterocycles. The van der Waals surface area contributed by atoms with Crippen LogP contribution >= 0.6 is 0 Å². The largest absolute Gasteiger partial charge is 0.379 e. The first-order valence-electron chi connectivity index (χ1n) is 16.7. The summed E-state index contributed by atoms with van der Waals surface area (Å²) in [6.07, 6.45) is 2.40. The number of benzene rings is 2. The van der Waals surface area contributed by atoms with Gasteiger partial charge in [0.2, 0.25) is 5.91 Å². The van der Waals surface area contributed by atoms with E-state index in [-0.39, 0.29) is 35.0 Å². The summed E-state index contributed by atoms with van der Waals surface area (Å²) in [5, 5.41) is 3.63. The summed E-state index contributed by atoms with van der Waals surface area (Å²) >= 11 is 0. The molecule has 2 fully saturated rings. The standard InChI is InChI=1S/C37H44F2N6O2/c1-24-19-43(31(17-40-24)20-42-13-14-47-22-25(42)2)21-34(46)44-23-37(3,4)35-32(44)16-28(15-26-5-9-29(38)10-6-26)33-18-41-36(45(33)35)27-7-11-30(39)12-8-27/h5-12,16,18,24-25,31,40H,13-15,17,19-23H2,1-4H3/t24-,25-,31-/m1/s1. The Hall–Kier alpha value is -3.70. The van der Waals surface area contributed by atoms with Gasteiger partial charge in [-0.3, -0.25) is 19.0 Å². The molecule has 8 nitrogen and oxygen atoms in total. The van der Waals surface area contributed by atoms with Gasteiger partial charge in [-0.25, -0.2) is 13.8 Å². The van der Waals surface area contributed by atoms with E-state index in [0.717, 1.165) is 73.0 Å². The van der Waals surface area contributed by atoms with Crippen LogP contribution in [-0.4, -0.2) is 95.7 Å². The molecule has 1 amide bonds. The van der Waals surface area contributed by atoms with Crippen molar-refractivity contribution in [2.75, 3.05) is 57.4 Å². The molecule has 0 aliphatic carbocycles. The Kier molecular flexibility index (Phi) is 8.63. The highest BCUT2D eigenvalue weighted by Crippen LogP contribution is 2.44. The monoisotopic (exact) mass is 642 g/mol. The van der Waals surface area contributed by atoms with Crippen molar-refractivity contribution in [1.82, 2.24) is 24.5 Å². The molecule has 0 unspecified atom stereocenters. The first-order valence-corrected chi connectivity index (χ1v) is 16.7. The first kappa shape index (κ1) is 31.9. The van der Waals surface area contributed by atoms with E-state index < -0.39 is 0 Å². The molecule has 248 valence electrons. The Morgan fingerprint density at radius 3 is 2.49 bits per heavy atom. The number of fused-ring (bicyclic) bond motifs is 3. The van der Waals surface area contributed by atoms with Crippen LogP contribution in [-0.2, 0) is 21.4 Å². The minimum Gasteiger partial charge on any atom is -0.379 e. The van der Waals surface area contributed by atoms with Gasteiger partial charge in [0.1, 0.15) is 17.5 Å². The van der Waals surface area contributed by atoms with E-state index in [0.29, 0.717) is 31.4 Å². The van der Waals surface area contributed by atoms with Crippen molar-refractivity contribution >= 4 is 17.1 Å². The lowest BCUT2D eigenvalue weighted by atomic mass is 9.90. The topological polar surface area (TPSA) is 65.4 Å². The molecule has 0 saturated carbocycles. The molecule has 0 spiro atoms. The molecular weight excluding hydrogens is 598 g/mol. The van der Waals surface area contributed by atoms with Gasteiger partial charge in [-0.2, -0.15) is 0 Å². The molecule has 2 saturated heterocycles. The summed E-state index contributed by atoms with van der Waals surface area (Å²) in [4.78, 5) is 26.1. The van der Waals surface area contributed by atoms with Crippen LogP contribution in [0.15, 0.2) is 60.8 Å². The Labute approximate surface area is 275 Å². The lowest BCUT2D eigenvalue weighted by Gasteiger charge is -2.43. The molecule has 10 heteroatoms. The second kappa shape index (κ2) is 12.7. The molecule has 0 bridgehead atoms. The number of carbonyl (C=O) groups is 1. The van der Waals surface area contributed by atoms with Crippen molar-refractivity contribution in [3.63, 3.8) is 0 Å². The predicted molar refractivity (Wildman–Crippen MR) is 180 cm³/mol. The van der Waals surface area contributed by atoms with Gasteiger partial charge in [-0.1, -0.05) is 26.0 Å². The number of hydrogen-bond acceptors (Lipinski definition) is 6. The molecule has 47 heavy (non-hydrogen) atoms. The van der Waals surface area contributed by atoms with Crippen LogP contribution in [0.1, 0.15) is 44.5 Å². The third-order valence-electron chi connectivity index (χ3n) is 10.1. The highest BCUT2D eigenvalue weighted by Gasteiger charge is 2.42. The van der Waals surface area contributed by atoms with Gasteiger partial charge in [0, 0.05) is 61.8 Å². The number of morpholine rings is 1. The van der Waals surface area contributed by atoms with Crippen molar-refractivity contribution < 1.29 is 18.3 Å². The summed E-state index contributed by atoms with van der Waals surface area (Å²) in [5.41, 5.74) is 5.16. The van der Waals surface area contributed by atoms with E-state index in [2.05, 4.69) is 53.3 Å². The number of piperazine rings is 1. The number of imidazole rings is 1. The summed E-state index contributed by atoms with van der Waals surface area (Å²) in [6.45, 7) is 14.5. The second-order valence-corrected chi connectivity index (χ2v) is 14.2. The van der Waals surface area contributed by atoms with Gasteiger partial charge in [0.05, 0.1) is 42.9 Å². The maximum Gasteiger partial charge on any atom is 0.241 e. The summed E-state index contributed by atoms with van der Waals surface area (Å²) < 4.78 is 35.6. The van der Waals surface area contributed by atoms with Crippen molar-refractivity contribution in [1.29, 1.82) is 0 Å². The number of ether oxygens (including phenoxy) is 1. The fourth-order valence-corrected chi connectivity index (χ4v) is 7.59. The van der Waals surface area contributed by atoms with Crippen LogP contribution < -0.4 is 10.2 Å². The van der Waals surface area contributed by atoms with Gasteiger partial charge in [0.25, 0.3) is 0 Å². The lowest BCUT2D eigenvalue weighted by Crippen LogP contribution is -2.62. The first-order chi connectivity index (χ1) is 22.6. The third kappa shape index (κ3) is 6.32. The number of rotatable bonds is 7. The van der Waals surface area contributed by atoms with Gasteiger partial charge >= 0.3 is 0 Å². The van der Waals surface area contributed by atoms with Crippen molar-refractivity contribution in [2.45, 2.75) is 57.7 Å². The second-order valence-electron chi connectivity index (χ2n) is 14.2. The molecule has 2 aromatic carbocycles. The molecule has 3 aliphatic rings. The van der Waals surface area contributed by atoms with Crippen molar-refractivity contribution in [2.24, 2.45) is 0 Å². The number of aromatic nitrogens is 2. The number of pyridine rings is 1. The fourth-order valence-electron chi connectivity index (χ4n) is 7.59. The number of carbonyl (C=O) groups excluding carboxylic acids is 1. The SMILES string of the molecule is C[C@@H]1CN(CC(=O)N2CC(C)(C)c3c2cc(Cc2ccc(F)cc2)c2cnc(-c4ccc(F)cc4)n32)[C@@H](CN2CCOC[C@H]2C)CN1. The lowest BCUT2D eigenvalue weighted by molar-refractivity contribution is -0.121. The quantitative estimate of drug-likeness (QED) is 0.310. The molecule has 5 heterocycles. The molecule has 4 aromatic rings. The zero-order valence-electron chi connectivity index (χ0n) is 27.7. The Morgan fingerprint density at radius 1 is 1.04 bits per heavy atom. The van der Waals surface area contributed by atoms with Crippen LogP contribution in [0.4, 0.5) is 14.5 Å². The molecule has 3 atom stereocenters. The Morgan fingerprint density at radius 2 is 1.77 bits per heavy atom. The zero-order chi connectivity index (χ0) is 32.9. The van der Waals surface area contributed by atoms with Crippen LogP contribution in [0.3, 0.4) is 0 Å². The van der Waals surface area contributed by atoms with E-state index >= 15 is 0 Å². The minimum atomic E-state index is -0.382. The minimum absolute atomic E-state index is 0.0708. The van der Waals surface area contributed by atoms with Gasteiger partial charge < -0.3 is 15.0 Å². The number of nitrogens with zero attached hydrogens (tertiary/aromatic N) is 5.